The predicted molar refractivity (Wildman–Crippen MR) is 105 cm³/mol. The Bertz CT molecular complexity index is 1010. The van der Waals surface area contributed by atoms with Crippen molar-refractivity contribution in [3.8, 4) is 17.4 Å². The zero-order valence-corrected chi connectivity index (χ0v) is 16.2. The summed E-state index contributed by atoms with van der Waals surface area (Å²) in [6, 6.07) is 13.4. The SMILES string of the molecule is N#Cc1c(NC(=O)c2ccc(-c3ccc(Br)cc3)o2)sc2c1CCCC2. The second kappa shape index (κ2) is 7.10. The maximum absolute atomic E-state index is 12.6. The standard InChI is InChI=1S/C20H15BrN2O2S/c21-13-7-5-12(6-8-13)16-9-10-17(25-16)19(24)23-20-15(11-22)14-3-1-2-4-18(14)26-20/h5-10H,1-4H2,(H,23,24). The van der Waals surface area contributed by atoms with Crippen LogP contribution in [0.2, 0.25) is 0 Å². The van der Waals surface area contributed by atoms with Crippen LogP contribution in [0, 0.1) is 11.3 Å². The summed E-state index contributed by atoms with van der Waals surface area (Å²) in [4.78, 5) is 13.8. The summed E-state index contributed by atoms with van der Waals surface area (Å²) in [5.41, 5.74) is 2.61. The first-order chi connectivity index (χ1) is 12.7. The number of anilines is 1. The molecule has 1 aliphatic carbocycles. The number of fused-ring (bicyclic) bond motifs is 1. The van der Waals surface area contributed by atoms with Gasteiger partial charge in [-0.3, -0.25) is 4.79 Å². The first-order valence-corrected chi connectivity index (χ1v) is 9.98. The van der Waals surface area contributed by atoms with E-state index in [4.69, 9.17) is 4.42 Å². The second-order valence-electron chi connectivity index (χ2n) is 6.15. The Kier molecular flexibility index (Phi) is 4.66. The Labute approximate surface area is 163 Å². The average molecular weight is 427 g/mol. The monoisotopic (exact) mass is 426 g/mol. The number of carbonyl (C=O) groups is 1. The fraction of sp³-hybridized carbons (Fsp3) is 0.200. The van der Waals surface area contributed by atoms with E-state index < -0.39 is 0 Å². The Morgan fingerprint density at radius 2 is 1.92 bits per heavy atom. The number of rotatable bonds is 3. The molecule has 4 rings (SSSR count). The summed E-state index contributed by atoms with van der Waals surface area (Å²) in [6.45, 7) is 0. The lowest BCUT2D eigenvalue weighted by molar-refractivity contribution is 0.0998. The lowest BCUT2D eigenvalue weighted by Gasteiger charge is -2.09. The molecule has 0 aliphatic heterocycles. The molecule has 1 amide bonds. The summed E-state index contributed by atoms with van der Waals surface area (Å²) >= 11 is 4.91. The fourth-order valence-electron chi connectivity index (χ4n) is 3.17. The number of halogens is 1. The number of hydrogen-bond donors (Lipinski definition) is 1. The number of carbonyl (C=O) groups excluding carboxylic acids is 1. The van der Waals surface area contributed by atoms with Crippen molar-refractivity contribution >= 4 is 38.2 Å². The minimum Gasteiger partial charge on any atom is -0.451 e. The highest BCUT2D eigenvalue weighted by atomic mass is 79.9. The molecule has 0 saturated heterocycles. The van der Waals surface area contributed by atoms with Gasteiger partial charge in [0.2, 0.25) is 0 Å². The number of nitriles is 1. The number of hydrogen-bond acceptors (Lipinski definition) is 4. The quantitative estimate of drug-likeness (QED) is 0.577. The third-order valence-corrected chi connectivity index (χ3v) is 6.20. The molecule has 0 atom stereocenters. The van der Waals surface area contributed by atoms with Crippen molar-refractivity contribution in [1.29, 1.82) is 5.26 Å². The molecule has 130 valence electrons. The van der Waals surface area contributed by atoms with Crippen molar-refractivity contribution in [3.63, 3.8) is 0 Å². The Morgan fingerprint density at radius 1 is 1.15 bits per heavy atom. The van der Waals surface area contributed by atoms with E-state index in [1.807, 2.05) is 24.3 Å². The van der Waals surface area contributed by atoms with E-state index in [1.165, 1.54) is 16.2 Å². The van der Waals surface area contributed by atoms with Gasteiger partial charge in [0.25, 0.3) is 5.91 Å². The van der Waals surface area contributed by atoms with E-state index in [0.29, 0.717) is 16.3 Å². The third kappa shape index (κ3) is 3.20. The summed E-state index contributed by atoms with van der Waals surface area (Å²) in [5, 5.41) is 13.0. The van der Waals surface area contributed by atoms with Crippen LogP contribution in [0.5, 0.6) is 0 Å². The van der Waals surface area contributed by atoms with Crippen LogP contribution >= 0.6 is 27.3 Å². The fourth-order valence-corrected chi connectivity index (χ4v) is 4.67. The van der Waals surface area contributed by atoms with Gasteiger partial charge in [-0.05, 0) is 55.5 Å². The van der Waals surface area contributed by atoms with Crippen molar-refractivity contribution in [3.05, 3.63) is 62.6 Å². The third-order valence-electron chi connectivity index (χ3n) is 4.47. The van der Waals surface area contributed by atoms with Crippen molar-refractivity contribution in [1.82, 2.24) is 0 Å². The van der Waals surface area contributed by atoms with Crippen LogP contribution in [-0.4, -0.2) is 5.91 Å². The van der Waals surface area contributed by atoms with Gasteiger partial charge in [0.05, 0.1) is 5.56 Å². The molecule has 4 nitrogen and oxygen atoms in total. The molecule has 0 spiro atoms. The van der Waals surface area contributed by atoms with E-state index in [9.17, 15) is 10.1 Å². The molecule has 0 unspecified atom stereocenters. The van der Waals surface area contributed by atoms with E-state index >= 15 is 0 Å². The van der Waals surface area contributed by atoms with Crippen LogP contribution < -0.4 is 5.32 Å². The topological polar surface area (TPSA) is 66.0 Å². The van der Waals surface area contributed by atoms with Crippen molar-refractivity contribution in [2.75, 3.05) is 5.32 Å². The van der Waals surface area contributed by atoms with Gasteiger partial charge in [-0.25, -0.2) is 0 Å². The molecule has 6 heteroatoms. The highest BCUT2D eigenvalue weighted by molar-refractivity contribution is 9.10. The number of benzene rings is 1. The van der Waals surface area contributed by atoms with Gasteiger partial charge in [-0.1, -0.05) is 28.1 Å². The van der Waals surface area contributed by atoms with Crippen LogP contribution in [0.1, 0.15) is 39.4 Å². The number of thiophene rings is 1. The van der Waals surface area contributed by atoms with Gasteiger partial charge in [-0.15, -0.1) is 11.3 Å². The minimum atomic E-state index is -0.330. The van der Waals surface area contributed by atoms with Crippen LogP contribution in [0.3, 0.4) is 0 Å². The van der Waals surface area contributed by atoms with Gasteiger partial charge in [0, 0.05) is 14.9 Å². The predicted octanol–water partition coefficient (Wildman–Crippen LogP) is 5.77. The van der Waals surface area contributed by atoms with Crippen molar-refractivity contribution in [2.45, 2.75) is 25.7 Å². The first kappa shape index (κ1) is 17.1. The highest BCUT2D eigenvalue weighted by Gasteiger charge is 2.23. The average Bonchev–Trinajstić information content (AvgIpc) is 3.26. The number of nitrogens with zero attached hydrogens (tertiary/aromatic N) is 1. The molecule has 0 bridgehead atoms. The number of amides is 1. The zero-order chi connectivity index (χ0) is 18.1. The summed E-state index contributed by atoms with van der Waals surface area (Å²) in [7, 11) is 0. The molecule has 0 saturated carbocycles. The van der Waals surface area contributed by atoms with Gasteiger partial charge in [0.1, 0.15) is 16.8 Å². The summed E-state index contributed by atoms with van der Waals surface area (Å²) < 4.78 is 6.70. The zero-order valence-electron chi connectivity index (χ0n) is 13.8. The van der Waals surface area contributed by atoms with E-state index in [0.717, 1.165) is 41.3 Å². The first-order valence-electron chi connectivity index (χ1n) is 8.37. The van der Waals surface area contributed by atoms with Gasteiger partial charge in [0.15, 0.2) is 5.76 Å². The maximum Gasteiger partial charge on any atom is 0.292 e. The Hall–Kier alpha value is -2.36. The van der Waals surface area contributed by atoms with Crippen LogP contribution in [0.15, 0.2) is 45.3 Å². The molecular formula is C20H15BrN2O2S. The molecule has 2 heterocycles. The van der Waals surface area contributed by atoms with Gasteiger partial charge in [-0.2, -0.15) is 5.26 Å². The summed E-state index contributed by atoms with van der Waals surface area (Å²) in [6.07, 6.45) is 4.14. The second-order valence-corrected chi connectivity index (χ2v) is 8.17. The summed E-state index contributed by atoms with van der Waals surface area (Å²) in [5.74, 6) is 0.537. The van der Waals surface area contributed by atoms with Crippen LogP contribution in [0.4, 0.5) is 5.00 Å². The van der Waals surface area contributed by atoms with Crippen molar-refractivity contribution in [2.24, 2.45) is 0 Å². The molecule has 1 aliphatic rings. The van der Waals surface area contributed by atoms with Crippen molar-refractivity contribution < 1.29 is 9.21 Å². The maximum atomic E-state index is 12.6. The number of nitrogens with one attached hydrogen (secondary N) is 1. The van der Waals surface area contributed by atoms with E-state index in [2.05, 4.69) is 27.3 Å². The minimum absolute atomic E-state index is 0.234. The molecule has 1 aromatic carbocycles. The Morgan fingerprint density at radius 3 is 2.69 bits per heavy atom. The molecule has 0 radical (unpaired) electrons. The Balaban J connectivity index is 1.57. The molecule has 0 fully saturated rings. The van der Waals surface area contributed by atoms with Crippen LogP contribution in [0.25, 0.3) is 11.3 Å². The molecule has 1 N–H and O–H groups in total. The normalized spacial score (nSPS) is 13.1. The molecule has 26 heavy (non-hydrogen) atoms. The number of aryl methyl sites for hydroxylation is 1. The lowest BCUT2D eigenvalue weighted by Crippen LogP contribution is -2.10. The lowest BCUT2D eigenvalue weighted by atomic mass is 9.96. The van der Waals surface area contributed by atoms with E-state index in [1.54, 1.807) is 12.1 Å². The van der Waals surface area contributed by atoms with E-state index in [-0.39, 0.29) is 11.7 Å². The molecule has 2 aromatic heterocycles. The van der Waals surface area contributed by atoms with Gasteiger partial charge < -0.3 is 9.73 Å². The van der Waals surface area contributed by atoms with Crippen LogP contribution in [-0.2, 0) is 12.8 Å². The number of furan rings is 1. The van der Waals surface area contributed by atoms with Gasteiger partial charge >= 0.3 is 0 Å². The molecule has 3 aromatic rings. The largest absolute Gasteiger partial charge is 0.451 e. The highest BCUT2D eigenvalue weighted by Crippen LogP contribution is 2.38. The smallest absolute Gasteiger partial charge is 0.292 e. The molecular weight excluding hydrogens is 412 g/mol.